The van der Waals surface area contributed by atoms with E-state index < -0.39 is 0 Å². The minimum absolute atomic E-state index is 0.149. The first-order valence-electron chi connectivity index (χ1n) is 9.48. The Bertz CT molecular complexity index is 1260. The lowest BCUT2D eigenvalue weighted by atomic mass is 10.2. The number of para-hydroxylation sites is 2. The van der Waals surface area contributed by atoms with E-state index in [4.69, 9.17) is 33.7 Å². The van der Waals surface area contributed by atoms with Crippen molar-refractivity contribution < 1.29 is 0 Å². The van der Waals surface area contributed by atoms with Gasteiger partial charge in [0.25, 0.3) is 0 Å². The number of thioether (sulfide) groups is 2. The Kier molecular flexibility index (Phi) is 6.24. The zero-order valence-electron chi connectivity index (χ0n) is 16.5. The molecule has 0 radical (unpaired) electrons. The monoisotopic (exact) mass is 512 g/mol. The summed E-state index contributed by atoms with van der Waals surface area (Å²) < 4.78 is 3.28. The molecular formula is C21H16N6S5. The van der Waals surface area contributed by atoms with Gasteiger partial charge in [-0.1, -0.05) is 24.3 Å². The normalized spacial score (nSPS) is 14.1. The topological polar surface area (TPSA) is 103 Å². The Morgan fingerprint density at radius 3 is 1.72 bits per heavy atom. The zero-order chi connectivity index (χ0) is 22.1. The third-order valence-electron chi connectivity index (χ3n) is 4.48. The van der Waals surface area contributed by atoms with Gasteiger partial charge in [0.15, 0.2) is 0 Å². The van der Waals surface area contributed by atoms with E-state index in [1.54, 1.807) is 46.2 Å². The Labute approximate surface area is 206 Å². The maximum atomic E-state index is 6.21. The van der Waals surface area contributed by atoms with E-state index in [0.717, 1.165) is 25.3 Å². The predicted octanol–water partition coefficient (Wildman–Crippen LogP) is 5.30. The molecule has 1 aliphatic rings. The molecule has 0 unspecified atom stereocenters. The van der Waals surface area contributed by atoms with Crippen LogP contribution in [0, 0.1) is 0 Å². The molecule has 0 saturated heterocycles. The van der Waals surface area contributed by atoms with Gasteiger partial charge in [0.1, 0.15) is 21.7 Å². The number of thiazole rings is 2. The highest BCUT2D eigenvalue weighted by atomic mass is 32.2. The smallest absolute Gasteiger partial charge is 0.223 e. The van der Waals surface area contributed by atoms with Crippen molar-refractivity contribution in [1.29, 1.82) is 0 Å². The summed E-state index contributed by atoms with van der Waals surface area (Å²) in [7, 11) is 0. The van der Waals surface area contributed by atoms with Crippen LogP contribution in [0.4, 0.5) is 0 Å². The van der Waals surface area contributed by atoms with Gasteiger partial charge >= 0.3 is 0 Å². The van der Waals surface area contributed by atoms with Crippen molar-refractivity contribution in [1.82, 2.24) is 9.97 Å². The lowest BCUT2D eigenvalue weighted by Gasteiger charge is -2.16. The SMILES string of the molecule is NC1=NC(=S)N=C(N)C1=C(SCc1nc2ccccc2s1)SCc1nc2ccccc2s1. The van der Waals surface area contributed by atoms with Gasteiger partial charge in [0, 0.05) is 0 Å². The van der Waals surface area contributed by atoms with Crippen molar-refractivity contribution in [3.05, 3.63) is 68.4 Å². The van der Waals surface area contributed by atoms with Crippen LogP contribution in [0.2, 0.25) is 0 Å². The molecule has 2 aromatic heterocycles. The van der Waals surface area contributed by atoms with Crippen LogP contribution < -0.4 is 11.5 Å². The summed E-state index contributed by atoms with van der Waals surface area (Å²) in [6.07, 6.45) is 0. The van der Waals surface area contributed by atoms with Crippen LogP contribution in [0.5, 0.6) is 0 Å². The second kappa shape index (κ2) is 9.28. The highest BCUT2D eigenvalue weighted by Crippen LogP contribution is 2.39. The van der Waals surface area contributed by atoms with Crippen molar-refractivity contribution in [3.63, 3.8) is 0 Å². The quantitative estimate of drug-likeness (QED) is 0.338. The fourth-order valence-electron chi connectivity index (χ4n) is 3.09. The van der Waals surface area contributed by atoms with E-state index >= 15 is 0 Å². The van der Waals surface area contributed by atoms with E-state index in [2.05, 4.69) is 22.1 Å². The molecule has 11 heteroatoms. The van der Waals surface area contributed by atoms with Crippen LogP contribution in [0.1, 0.15) is 10.0 Å². The number of amidine groups is 2. The second-order valence-electron chi connectivity index (χ2n) is 6.67. The molecular weight excluding hydrogens is 497 g/mol. The van der Waals surface area contributed by atoms with Crippen LogP contribution in [-0.2, 0) is 11.5 Å². The fourth-order valence-corrected chi connectivity index (χ4v) is 7.67. The second-order valence-corrected chi connectivity index (χ2v) is 11.5. The van der Waals surface area contributed by atoms with Crippen molar-refractivity contribution in [2.45, 2.75) is 11.5 Å². The number of aliphatic imine (C=N–C) groups is 2. The number of aromatic nitrogens is 2. The summed E-state index contributed by atoms with van der Waals surface area (Å²) in [6, 6.07) is 16.3. The molecule has 0 aliphatic carbocycles. The summed E-state index contributed by atoms with van der Waals surface area (Å²) >= 11 is 11.7. The number of hydrogen-bond donors (Lipinski definition) is 2. The van der Waals surface area contributed by atoms with E-state index in [-0.39, 0.29) is 5.11 Å². The minimum atomic E-state index is 0.149. The van der Waals surface area contributed by atoms with E-state index in [1.807, 2.05) is 36.4 Å². The predicted molar refractivity (Wildman–Crippen MR) is 145 cm³/mol. The van der Waals surface area contributed by atoms with Crippen molar-refractivity contribution in [2.75, 3.05) is 0 Å². The Balaban J connectivity index is 1.42. The average molecular weight is 513 g/mol. The molecule has 4 N–H and O–H groups in total. The number of hydrogen-bond acceptors (Lipinski definition) is 9. The molecule has 1 aliphatic heterocycles. The molecule has 0 atom stereocenters. The Morgan fingerprint density at radius 1 is 0.781 bits per heavy atom. The molecule has 32 heavy (non-hydrogen) atoms. The highest BCUT2D eigenvalue weighted by molar-refractivity contribution is 8.21. The van der Waals surface area contributed by atoms with Crippen LogP contribution in [-0.4, -0.2) is 26.8 Å². The van der Waals surface area contributed by atoms with Crippen LogP contribution in [0.25, 0.3) is 20.4 Å². The largest absolute Gasteiger partial charge is 0.383 e. The van der Waals surface area contributed by atoms with Crippen LogP contribution >= 0.6 is 58.4 Å². The molecule has 4 aromatic rings. The van der Waals surface area contributed by atoms with Gasteiger partial charge in [-0.05, 0) is 36.5 Å². The lowest BCUT2D eigenvalue weighted by molar-refractivity contribution is 1.31. The molecule has 6 nitrogen and oxygen atoms in total. The average Bonchev–Trinajstić information content (AvgIpc) is 3.37. The third kappa shape index (κ3) is 4.57. The number of rotatable bonds is 6. The molecule has 0 saturated carbocycles. The van der Waals surface area contributed by atoms with Crippen molar-refractivity contribution in [3.8, 4) is 0 Å². The molecule has 0 fully saturated rings. The van der Waals surface area contributed by atoms with Crippen LogP contribution in [0.15, 0.2) is 68.3 Å². The molecule has 2 aromatic carbocycles. The fraction of sp³-hybridized carbons (Fsp3) is 0.0952. The Morgan fingerprint density at radius 2 is 1.25 bits per heavy atom. The van der Waals surface area contributed by atoms with Gasteiger partial charge in [-0.25, -0.2) is 20.0 Å². The summed E-state index contributed by atoms with van der Waals surface area (Å²) in [5, 5.41) is 2.22. The van der Waals surface area contributed by atoms with E-state index in [0.29, 0.717) is 28.8 Å². The molecule has 160 valence electrons. The summed E-state index contributed by atoms with van der Waals surface area (Å²) in [6.45, 7) is 0. The summed E-state index contributed by atoms with van der Waals surface area (Å²) in [4.78, 5) is 17.8. The number of benzene rings is 2. The molecule has 0 spiro atoms. The zero-order valence-corrected chi connectivity index (χ0v) is 20.6. The first kappa shape index (κ1) is 21.5. The van der Waals surface area contributed by atoms with Gasteiger partial charge in [-0.2, -0.15) is 0 Å². The lowest BCUT2D eigenvalue weighted by Crippen LogP contribution is -2.32. The molecule has 0 bridgehead atoms. The number of thiocarbonyl (C=S) groups is 1. The van der Waals surface area contributed by atoms with Crippen molar-refractivity contribution in [2.24, 2.45) is 21.5 Å². The standard InChI is InChI=1S/C21H16N6S5/c22-18-17(19(23)27-21(28)26-18)20(29-9-15-24-11-5-1-3-7-13(11)31-15)30-10-16-25-12-6-2-4-8-14(12)32-16/h1-8H,9-10H2,(H4,22,23,26,27,28). The number of fused-ring (bicyclic) bond motifs is 2. The van der Waals surface area contributed by atoms with Gasteiger partial charge in [0.2, 0.25) is 5.11 Å². The number of nitrogens with two attached hydrogens (primary N) is 2. The maximum Gasteiger partial charge on any atom is 0.223 e. The van der Waals surface area contributed by atoms with E-state index in [9.17, 15) is 0 Å². The molecule has 5 rings (SSSR count). The first-order valence-corrected chi connectivity index (χ1v) is 13.5. The highest BCUT2D eigenvalue weighted by Gasteiger charge is 2.22. The maximum absolute atomic E-state index is 6.21. The van der Waals surface area contributed by atoms with Crippen molar-refractivity contribution >= 4 is 95.6 Å². The van der Waals surface area contributed by atoms with Gasteiger partial charge in [-0.15, -0.1) is 46.2 Å². The van der Waals surface area contributed by atoms with Gasteiger partial charge in [-0.3, -0.25) is 0 Å². The summed E-state index contributed by atoms with van der Waals surface area (Å²) in [5.74, 6) is 1.98. The van der Waals surface area contributed by atoms with Gasteiger partial charge < -0.3 is 11.5 Å². The summed E-state index contributed by atoms with van der Waals surface area (Å²) in [5.41, 5.74) is 15.1. The van der Waals surface area contributed by atoms with Crippen LogP contribution in [0.3, 0.4) is 0 Å². The Hall–Kier alpha value is -2.31. The van der Waals surface area contributed by atoms with E-state index in [1.165, 1.54) is 9.40 Å². The van der Waals surface area contributed by atoms with Gasteiger partial charge in [0.05, 0.1) is 41.7 Å². The third-order valence-corrected chi connectivity index (χ3v) is 9.57. The first-order chi connectivity index (χ1) is 15.6. The molecule has 0 amide bonds. The molecule has 3 heterocycles. The number of nitrogens with zero attached hydrogens (tertiary/aromatic N) is 4. The minimum Gasteiger partial charge on any atom is -0.383 e.